The molecule has 128 valence electrons. The molecule has 2 rings (SSSR count). The standard InChI is InChI=1S/C19H23NO4/c1-12-5-8-16(17(21)9-12)20-19(22)10-13(2)15-7-6-14(23-3)11-18(15)24-4/h5-9,11,13,21H,10H2,1-4H3,(H,20,22). The monoisotopic (exact) mass is 329 g/mol. The molecule has 2 aromatic carbocycles. The lowest BCUT2D eigenvalue weighted by Gasteiger charge is -2.17. The Morgan fingerprint density at radius 3 is 2.54 bits per heavy atom. The summed E-state index contributed by atoms with van der Waals surface area (Å²) < 4.78 is 10.6. The number of benzene rings is 2. The van der Waals surface area contributed by atoms with E-state index in [9.17, 15) is 9.90 Å². The molecule has 2 N–H and O–H groups in total. The van der Waals surface area contributed by atoms with Crippen LogP contribution >= 0.6 is 0 Å². The number of nitrogens with one attached hydrogen (secondary N) is 1. The SMILES string of the molecule is COc1ccc(C(C)CC(=O)Nc2ccc(C)cc2O)c(OC)c1. The van der Waals surface area contributed by atoms with Crippen LogP contribution in [0.25, 0.3) is 0 Å². The molecule has 0 aliphatic rings. The van der Waals surface area contributed by atoms with Gasteiger partial charge in [-0.15, -0.1) is 0 Å². The van der Waals surface area contributed by atoms with E-state index in [1.807, 2.05) is 32.0 Å². The maximum absolute atomic E-state index is 12.3. The third kappa shape index (κ3) is 4.19. The lowest BCUT2D eigenvalue weighted by Crippen LogP contribution is -2.15. The molecule has 24 heavy (non-hydrogen) atoms. The second-order valence-electron chi connectivity index (χ2n) is 5.78. The lowest BCUT2D eigenvalue weighted by molar-refractivity contribution is -0.116. The van der Waals surface area contributed by atoms with Crippen LogP contribution in [0.1, 0.15) is 30.4 Å². The van der Waals surface area contributed by atoms with Gasteiger partial charge >= 0.3 is 0 Å². The van der Waals surface area contributed by atoms with Gasteiger partial charge in [-0.3, -0.25) is 4.79 Å². The summed E-state index contributed by atoms with van der Waals surface area (Å²) in [6.07, 6.45) is 0.274. The summed E-state index contributed by atoms with van der Waals surface area (Å²) in [6.45, 7) is 3.84. The van der Waals surface area contributed by atoms with E-state index >= 15 is 0 Å². The minimum Gasteiger partial charge on any atom is -0.506 e. The van der Waals surface area contributed by atoms with E-state index in [0.717, 1.165) is 11.1 Å². The van der Waals surface area contributed by atoms with Crippen molar-refractivity contribution in [1.82, 2.24) is 0 Å². The number of hydrogen-bond acceptors (Lipinski definition) is 4. The molecule has 0 bridgehead atoms. The van der Waals surface area contributed by atoms with Crippen LogP contribution in [-0.2, 0) is 4.79 Å². The van der Waals surface area contributed by atoms with Crippen LogP contribution in [0.2, 0.25) is 0 Å². The molecule has 1 unspecified atom stereocenters. The van der Waals surface area contributed by atoms with Gasteiger partial charge < -0.3 is 19.9 Å². The van der Waals surface area contributed by atoms with Crippen LogP contribution in [0.15, 0.2) is 36.4 Å². The van der Waals surface area contributed by atoms with Crippen LogP contribution in [-0.4, -0.2) is 25.2 Å². The average molecular weight is 329 g/mol. The molecule has 0 saturated heterocycles. The van der Waals surface area contributed by atoms with Crippen molar-refractivity contribution in [2.24, 2.45) is 0 Å². The van der Waals surface area contributed by atoms with Crippen LogP contribution < -0.4 is 14.8 Å². The number of rotatable bonds is 6. The largest absolute Gasteiger partial charge is 0.506 e. The highest BCUT2D eigenvalue weighted by Gasteiger charge is 2.17. The number of aryl methyl sites for hydroxylation is 1. The molecule has 2 aromatic rings. The minimum atomic E-state index is -0.167. The van der Waals surface area contributed by atoms with Crippen LogP contribution in [0.3, 0.4) is 0 Å². The normalized spacial score (nSPS) is 11.7. The predicted octanol–water partition coefficient (Wildman–Crippen LogP) is 3.85. The van der Waals surface area contributed by atoms with Crippen molar-refractivity contribution in [3.8, 4) is 17.2 Å². The number of anilines is 1. The van der Waals surface area contributed by atoms with Gasteiger partial charge in [0.05, 0.1) is 19.9 Å². The molecule has 0 heterocycles. The van der Waals surface area contributed by atoms with Gasteiger partial charge in [-0.05, 0) is 42.2 Å². The van der Waals surface area contributed by atoms with E-state index in [1.54, 1.807) is 32.4 Å². The highest BCUT2D eigenvalue weighted by Crippen LogP contribution is 2.32. The van der Waals surface area contributed by atoms with Gasteiger partial charge in [0.1, 0.15) is 17.2 Å². The Hall–Kier alpha value is -2.69. The predicted molar refractivity (Wildman–Crippen MR) is 94.1 cm³/mol. The van der Waals surface area contributed by atoms with Gasteiger partial charge in [0.2, 0.25) is 5.91 Å². The van der Waals surface area contributed by atoms with Gasteiger partial charge in [-0.1, -0.05) is 19.1 Å². The number of phenolic OH excluding ortho intramolecular Hbond substituents is 1. The number of methoxy groups -OCH3 is 2. The van der Waals surface area contributed by atoms with Crippen LogP contribution in [0.4, 0.5) is 5.69 Å². The molecule has 1 atom stereocenters. The number of ether oxygens (including phenoxy) is 2. The zero-order valence-electron chi connectivity index (χ0n) is 14.4. The van der Waals surface area contributed by atoms with E-state index < -0.39 is 0 Å². The molecule has 0 saturated carbocycles. The molecule has 1 amide bonds. The number of amides is 1. The molecule has 0 fully saturated rings. The van der Waals surface area contributed by atoms with Crippen molar-refractivity contribution in [2.45, 2.75) is 26.2 Å². The Bertz CT molecular complexity index is 727. The maximum Gasteiger partial charge on any atom is 0.225 e. The Balaban J connectivity index is 2.08. The first-order chi connectivity index (χ1) is 11.4. The van der Waals surface area contributed by atoms with Crippen molar-refractivity contribution in [3.63, 3.8) is 0 Å². The topological polar surface area (TPSA) is 67.8 Å². The number of aromatic hydroxyl groups is 1. The first kappa shape index (κ1) is 17.7. The molecule has 0 radical (unpaired) electrons. The van der Waals surface area contributed by atoms with Crippen molar-refractivity contribution in [3.05, 3.63) is 47.5 Å². The molecule has 0 aromatic heterocycles. The smallest absolute Gasteiger partial charge is 0.225 e. The second kappa shape index (κ2) is 7.73. The second-order valence-corrected chi connectivity index (χ2v) is 5.78. The lowest BCUT2D eigenvalue weighted by atomic mass is 9.96. The van der Waals surface area contributed by atoms with E-state index in [0.29, 0.717) is 17.2 Å². The number of carbonyl (C=O) groups excluding carboxylic acids is 1. The summed E-state index contributed by atoms with van der Waals surface area (Å²) in [5.74, 6) is 1.25. The van der Waals surface area contributed by atoms with Gasteiger partial charge in [-0.2, -0.15) is 0 Å². The number of hydrogen-bond donors (Lipinski definition) is 2. The maximum atomic E-state index is 12.3. The fourth-order valence-corrected chi connectivity index (χ4v) is 2.56. The van der Waals surface area contributed by atoms with Gasteiger partial charge in [0, 0.05) is 12.5 Å². The Morgan fingerprint density at radius 1 is 1.17 bits per heavy atom. The summed E-state index contributed by atoms with van der Waals surface area (Å²) in [5, 5.41) is 12.6. The molecule has 0 aliphatic carbocycles. The van der Waals surface area contributed by atoms with Gasteiger partial charge in [0.25, 0.3) is 0 Å². The highest BCUT2D eigenvalue weighted by molar-refractivity contribution is 5.92. The molecule has 0 aliphatic heterocycles. The van der Waals surface area contributed by atoms with Gasteiger partial charge in [0.15, 0.2) is 0 Å². The van der Waals surface area contributed by atoms with Crippen molar-refractivity contribution < 1.29 is 19.4 Å². The average Bonchev–Trinajstić information content (AvgIpc) is 2.56. The fourth-order valence-electron chi connectivity index (χ4n) is 2.56. The molecule has 5 heteroatoms. The number of phenols is 1. The zero-order valence-corrected chi connectivity index (χ0v) is 14.4. The minimum absolute atomic E-state index is 0.0431. The fraction of sp³-hybridized carbons (Fsp3) is 0.316. The molecule has 0 spiro atoms. The summed E-state index contributed by atoms with van der Waals surface area (Å²) in [5.41, 5.74) is 2.28. The van der Waals surface area contributed by atoms with Gasteiger partial charge in [-0.25, -0.2) is 0 Å². The van der Waals surface area contributed by atoms with E-state index in [-0.39, 0.29) is 24.0 Å². The van der Waals surface area contributed by atoms with E-state index in [1.165, 1.54) is 0 Å². The van der Waals surface area contributed by atoms with Crippen LogP contribution in [0.5, 0.6) is 17.2 Å². The quantitative estimate of drug-likeness (QED) is 0.790. The summed E-state index contributed by atoms with van der Waals surface area (Å²) >= 11 is 0. The van der Waals surface area contributed by atoms with Crippen LogP contribution in [0, 0.1) is 6.92 Å². The third-order valence-corrected chi connectivity index (χ3v) is 3.89. The van der Waals surface area contributed by atoms with Crippen molar-refractivity contribution in [1.29, 1.82) is 0 Å². The van der Waals surface area contributed by atoms with E-state index in [4.69, 9.17) is 9.47 Å². The molecular formula is C19H23NO4. The third-order valence-electron chi connectivity index (χ3n) is 3.89. The van der Waals surface area contributed by atoms with Crippen molar-refractivity contribution >= 4 is 11.6 Å². The Labute approximate surface area is 142 Å². The molecular weight excluding hydrogens is 306 g/mol. The summed E-state index contributed by atoms with van der Waals surface area (Å²) in [4.78, 5) is 12.3. The Kier molecular flexibility index (Phi) is 5.68. The van der Waals surface area contributed by atoms with Crippen molar-refractivity contribution in [2.75, 3.05) is 19.5 Å². The molecule has 5 nitrogen and oxygen atoms in total. The highest BCUT2D eigenvalue weighted by atomic mass is 16.5. The van der Waals surface area contributed by atoms with E-state index in [2.05, 4.69) is 5.32 Å². The summed E-state index contributed by atoms with van der Waals surface area (Å²) in [6, 6.07) is 10.7. The first-order valence-corrected chi connectivity index (χ1v) is 7.76. The first-order valence-electron chi connectivity index (χ1n) is 7.76. The number of carbonyl (C=O) groups is 1. The zero-order chi connectivity index (χ0) is 17.7. The Morgan fingerprint density at radius 2 is 1.92 bits per heavy atom. The summed E-state index contributed by atoms with van der Waals surface area (Å²) in [7, 11) is 3.19.